The molecular weight excluding hydrogens is 238 g/mol. The average Bonchev–Trinajstić information content (AvgIpc) is 2.29. The first-order valence-electron chi connectivity index (χ1n) is 3.92. The van der Waals surface area contributed by atoms with Gasteiger partial charge >= 0.3 is 16.1 Å². The van der Waals surface area contributed by atoms with Gasteiger partial charge in [-0.2, -0.15) is 8.42 Å². The van der Waals surface area contributed by atoms with Crippen LogP contribution in [0.1, 0.15) is 10.4 Å². The second-order valence-corrected chi connectivity index (χ2v) is 3.66. The Hall–Kier alpha value is -1.51. The Kier molecular flexibility index (Phi) is 5.57. The summed E-state index contributed by atoms with van der Waals surface area (Å²) in [6, 6.07) is 2.56. The number of hydrogen-bond donors (Lipinski definition) is 2. The zero-order valence-corrected chi connectivity index (χ0v) is 9.43. The van der Waals surface area contributed by atoms with E-state index in [1.54, 1.807) is 0 Å². The molecule has 1 aromatic rings. The van der Waals surface area contributed by atoms with E-state index in [1.807, 2.05) is 0 Å². The molecule has 0 radical (unpaired) electrons. The highest BCUT2D eigenvalue weighted by Crippen LogP contribution is 2.12. The first kappa shape index (κ1) is 14.5. The standard InChI is InChI=1S/C7H7NO5S.CH4O/c1-13-7(9)5-3-2-4-8-6(5)14(10,11)12;1-2/h2-4H,1H3,(H,10,11,12);2H,1H3. The van der Waals surface area contributed by atoms with Gasteiger partial charge in [-0.05, 0) is 12.1 Å². The van der Waals surface area contributed by atoms with Crippen molar-refractivity contribution in [1.29, 1.82) is 0 Å². The smallest absolute Gasteiger partial charge is 0.340 e. The van der Waals surface area contributed by atoms with Gasteiger partial charge in [0.05, 0.1) is 12.7 Å². The van der Waals surface area contributed by atoms with E-state index >= 15 is 0 Å². The van der Waals surface area contributed by atoms with Crippen molar-refractivity contribution < 1.29 is 27.6 Å². The van der Waals surface area contributed by atoms with E-state index in [0.717, 1.165) is 20.4 Å². The number of rotatable bonds is 2. The summed E-state index contributed by atoms with van der Waals surface area (Å²) < 4.78 is 34.6. The Balaban J connectivity index is 0.00000106. The van der Waals surface area contributed by atoms with Crippen molar-refractivity contribution in [3.63, 3.8) is 0 Å². The largest absolute Gasteiger partial charge is 0.465 e. The van der Waals surface area contributed by atoms with E-state index in [2.05, 4.69) is 9.72 Å². The topological polar surface area (TPSA) is 114 Å². The molecule has 8 heteroatoms. The van der Waals surface area contributed by atoms with Crippen molar-refractivity contribution in [2.45, 2.75) is 5.03 Å². The van der Waals surface area contributed by atoms with Crippen molar-refractivity contribution in [3.05, 3.63) is 23.9 Å². The first-order valence-corrected chi connectivity index (χ1v) is 5.36. The van der Waals surface area contributed by atoms with Gasteiger partial charge in [0.2, 0.25) is 0 Å². The van der Waals surface area contributed by atoms with Crippen molar-refractivity contribution in [2.24, 2.45) is 0 Å². The Morgan fingerprint density at radius 2 is 2.00 bits per heavy atom. The Labute approximate surface area is 92.4 Å². The third-order valence-corrected chi connectivity index (χ3v) is 2.23. The molecule has 0 saturated heterocycles. The molecule has 0 spiro atoms. The molecule has 1 rings (SSSR count). The number of aromatic nitrogens is 1. The molecule has 1 aromatic heterocycles. The van der Waals surface area contributed by atoms with Gasteiger partial charge in [0, 0.05) is 13.3 Å². The molecule has 90 valence electrons. The van der Waals surface area contributed by atoms with E-state index in [-0.39, 0.29) is 5.56 Å². The number of pyridine rings is 1. The Morgan fingerprint density at radius 3 is 2.44 bits per heavy atom. The third kappa shape index (κ3) is 3.57. The lowest BCUT2D eigenvalue weighted by atomic mass is 10.3. The highest BCUT2D eigenvalue weighted by Gasteiger charge is 2.21. The van der Waals surface area contributed by atoms with Crippen molar-refractivity contribution >= 4 is 16.1 Å². The average molecular weight is 249 g/mol. The number of nitrogens with zero attached hydrogens (tertiary/aromatic N) is 1. The van der Waals surface area contributed by atoms with Crippen LogP contribution >= 0.6 is 0 Å². The molecular formula is C8H11NO6S. The fraction of sp³-hybridized carbons (Fsp3) is 0.250. The quantitative estimate of drug-likeness (QED) is 0.547. The number of ether oxygens (including phenoxy) is 1. The van der Waals surface area contributed by atoms with Crippen LogP contribution in [0.25, 0.3) is 0 Å². The first-order chi connectivity index (χ1) is 7.46. The minimum atomic E-state index is -4.50. The molecule has 0 atom stereocenters. The van der Waals surface area contributed by atoms with E-state index in [4.69, 9.17) is 9.66 Å². The third-order valence-electron chi connectivity index (χ3n) is 1.42. The molecule has 7 nitrogen and oxygen atoms in total. The van der Waals surface area contributed by atoms with Crippen molar-refractivity contribution in [3.8, 4) is 0 Å². The van der Waals surface area contributed by atoms with Gasteiger partial charge in [-0.3, -0.25) is 4.55 Å². The molecule has 0 saturated carbocycles. The predicted molar refractivity (Wildman–Crippen MR) is 53.5 cm³/mol. The van der Waals surface area contributed by atoms with Crippen molar-refractivity contribution in [2.75, 3.05) is 14.2 Å². The molecule has 0 amide bonds. The molecule has 16 heavy (non-hydrogen) atoms. The molecule has 0 bridgehead atoms. The minimum Gasteiger partial charge on any atom is -0.465 e. The van der Waals surface area contributed by atoms with Crippen LogP contribution < -0.4 is 0 Å². The monoisotopic (exact) mass is 249 g/mol. The number of methoxy groups -OCH3 is 1. The van der Waals surface area contributed by atoms with Crippen LogP contribution in [0.5, 0.6) is 0 Å². The molecule has 0 aliphatic carbocycles. The van der Waals surface area contributed by atoms with Crippen LogP contribution in [0.2, 0.25) is 0 Å². The molecule has 0 fully saturated rings. The van der Waals surface area contributed by atoms with Gasteiger partial charge < -0.3 is 9.84 Å². The second kappa shape index (κ2) is 6.16. The van der Waals surface area contributed by atoms with Gasteiger partial charge in [0.25, 0.3) is 0 Å². The molecule has 1 heterocycles. The fourth-order valence-electron chi connectivity index (χ4n) is 0.862. The minimum absolute atomic E-state index is 0.294. The van der Waals surface area contributed by atoms with E-state index in [9.17, 15) is 13.2 Å². The summed E-state index contributed by atoms with van der Waals surface area (Å²) in [6.45, 7) is 0. The number of carbonyl (C=O) groups excluding carboxylic acids is 1. The predicted octanol–water partition coefficient (Wildman–Crippen LogP) is -0.277. The van der Waals surface area contributed by atoms with Crippen LogP contribution in [-0.2, 0) is 14.9 Å². The van der Waals surface area contributed by atoms with Gasteiger partial charge in [-0.25, -0.2) is 9.78 Å². The lowest BCUT2D eigenvalue weighted by Gasteiger charge is -2.02. The summed E-state index contributed by atoms with van der Waals surface area (Å²) in [6.07, 6.45) is 1.15. The molecule has 0 aromatic carbocycles. The van der Waals surface area contributed by atoms with E-state index in [0.29, 0.717) is 0 Å². The summed E-state index contributed by atoms with van der Waals surface area (Å²) in [5.41, 5.74) is -0.294. The summed E-state index contributed by atoms with van der Waals surface area (Å²) in [5.74, 6) is -0.870. The molecule has 0 aliphatic heterocycles. The fourth-order valence-corrected chi connectivity index (χ4v) is 1.49. The number of esters is 1. The maximum Gasteiger partial charge on any atom is 0.340 e. The summed E-state index contributed by atoms with van der Waals surface area (Å²) >= 11 is 0. The maximum absolute atomic E-state index is 11.0. The lowest BCUT2D eigenvalue weighted by molar-refractivity contribution is 0.0595. The molecule has 2 N–H and O–H groups in total. The van der Waals surface area contributed by atoms with Gasteiger partial charge in [-0.15, -0.1) is 0 Å². The van der Waals surface area contributed by atoms with Crippen LogP contribution in [0.3, 0.4) is 0 Å². The summed E-state index contributed by atoms with van der Waals surface area (Å²) in [7, 11) is -2.40. The summed E-state index contributed by atoms with van der Waals surface area (Å²) in [4.78, 5) is 14.4. The number of aliphatic hydroxyl groups excluding tert-OH is 1. The second-order valence-electron chi connectivity index (χ2n) is 2.32. The number of hydrogen-bond acceptors (Lipinski definition) is 6. The highest BCUT2D eigenvalue weighted by molar-refractivity contribution is 7.85. The van der Waals surface area contributed by atoms with Gasteiger partial charge in [-0.1, -0.05) is 0 Å². The van der Waals surface area contributed by atoms with Gasteiger partial charge in [0.1, 0.15) is 0 Å². The van der Waals surface area contributed by atoms with Crippen LogP contribution in [0.4, 0.5) is 0 Å². The number of aliphatic hydroxyl groups is 1. The Morgan fingerprint density at radius 1 is 1.44 bits per heavy atom. The SMILES string of the molecule is CO.COC(=O)c1cccnc1S(=O)(=O)O. The van der Waals surface area contributed by atoms with Gasteiger partial charge in [0.15, 0.2) is 5.03 Å². The molecule has 0 aliphatic rings. The number of carbonyl (C=O) groups is 1. The lowest BCUT2D eigenvalue weighted by Crippen LogP contribution is -2.11. The van der Waals surface area contributed by atoms with Crippen LogP contribution in [0.15, 0.2) is 23.4 Å². The maximum atomic E-state index is 11.0. The zero-order chi connectivity index (χ0) is 12.8. The van der Waals surface area contributed by atoms with Crippen molar-refractivity contribution in [1.82, 2.24) is 4.98 Å². The Bertz CT molecular complexity index is 455. The molecule has 0 unspecified atom stereocenters. The highest BCUT2D eigenvalue weighted by atomic mass is 32.2. The van der Waals surface area contributed by atoms with Crippen LogP contribution in [0, 0.1) is 0 Å². The summed E-state index contributed by atoms with van der Waals surface area (Å²) in [5, 5.41) is 6.30. The zero-order valence-electron chi connectivity index (χ0n) is 8.61. The van der Waals surface area contributed by atoms with E-state index < -0.39 is 21.1 Å². The van der Waals surface area contributed by atoms with Crippen LogP contribution in [-0.4, -0.2) is 43.2 Å². The normalized spacial score (nSPS) is 10.0. The van der Waals surface area contributed by atoms with E-state index in [1.165, 1.54) is 12.1 Å².